The molecule has 0 saturated carbocycles. The molecular formula is C25H38N6O2. The van der Waals surface area contributed by atoms with Crippen molar-refractivity contribution in [2.45, 2.75) is 53.0 Å². The van der Waals surface area contributed by atoms with Crippen molar-refractivity contribution >= 4 is 11.7 Å². The van der Waals surface area contributed by atoms with Gasteiger partial charge in [-0.25, -0.2) is 9.97 Å². The summed E-state index contributed by atoms with van der Waals surface area (Å²) in [5, 5.41) is 3.03. The second-order valence-corrected chi connectivity index (χ2v) is 11.0. The number of carbonyl (C=O) groups is 1. The van der Waals surface area contributed by atoms with Crippen LogP contribution in [0.4, 0.5) is 5.82 Å². The SMILES string of the molecule is CN(C)CCOc1ccnc(-c2nc3c(c(N(C)CC(=O)NC(C)(C)C)n2)CC(C)(C)C3)c1. The average molecular weight is 455 g/mol. The fourth-order valence-electron chi connectivity index (χ4n) is 3.99. The molecule has 1 aliphatic carbocycles. The summed E-state index contributed by atoms with van der Waals surface area (Å²) in [7, 11) is 5.94. The number of nitrogens with zero attached hydrogens (tertiary/aromatic N) is 5. The third-order valence-electron chi connectivity index (χ3n) is 5.40. The van der Waals surface area contributed by atoms with E-state index >= 15 is 0 Å². The maximum absolute atomic E-state index is 12.6. The van der Waals surface area contributed by atoms with Gasteiger partial charge in [-0.2, -0.15) is 0 Å². The molecule has 8 heteroatoms. The van der Waals surface area contributed by atoms with Crippen molar-refractivity contribution in [3.63, 3.8) is 0 Å². The van der Waals surface area contributed by atoms with Crippen molar-refractivity contribution in [1.29, 1.82) is 0 Å². The van der Waals surface area contributed by atoms with E-state index < -0.39 is 0 Å². The summed E-state index contributed by atoms with van der Waals surface area (Å²) in [6.07, 6.45) is 3.47. The van der Waals surface area contributed by atoms with E-state index in [0.29, 0.717) is 18.1 Å². The highest BCUT2D eigenvalue weighted by atomic mass is 16.5. The Balaban J connectivity index is 1.91. The van der Waals surface area contributed by atoms with Gasteiger partial charge in [0.1, 0.15) is 23.9 Å². The van der Waals surface area contributed by atoms with E-state index in [2.05, 4.69) is 29.0 Å². The Morgan fingerprint density at radius 3 is 2.58 bits per heavy atom. The van der Waals surface area contributed by atoms with E-state index in [-0.39, 0.29) is 23.4 Å². The molecule has 0 saturated heterocycles. The minimum absolute atomic E-state index is 0.0365. The molecule has 180 valence electrons. The Kier molecular flexibility index (Phi) is 7.26. The molecule has 0 aliphatic heterocycles. The second-order valence-electron chi connectivity index (χ2n) is 11.0. The second kappa shape index (κ2) is 9.63. The molecule has 8 nitrogen and oxygen atoms in total. The molecule has 1 aliphatic rings. The van der Waals surface area contributed by atoms with E-state index in [0.717, 1.165) is 42.2 Å². The first kappa shape index (κ1) is 24.9. The van der Waals surface area contributed by atoms with Crippen molar-refractivity contribution < 1.29 is 9.53 Å². The molecule has 0 atom stereocenters. The van der Waals surface area contributed by atoms with E-state index in [1.165, 1.54) is 0 Å². The molecule has 2 aromatic rings. The van der Waals surface area contributed by atoms with Crippen LogP contribution in [0.3, 0.4) is 0 Å². The zero-order valence-corrected chi connectivity index (χ0v) is 21.3. The summed E-state index contributed by atoms with van der Waals surface area (Å²) in [6.45, 7) is 12.1. The highest BCUT2D eigenvalue weighted by Gasteiger charge is 2.34. The number of aromatic nitrogens is 3. The van der Waals surface area contributed by atoms with Gasteiger partial charge in [0.05, 0.1) is 12.2 Å². The Labute approximate surface area is 197 Å². The summed E-state index contributed by atoms with van der Waals surface area (Å²) < 4.78 is 5.88. The Hall–Kier alpha value is -2.74. The third kappa shape index (κ3) is 6.87. The topological polar surface area (TPSA) is 83.5 Å². The first-order valence-corrected chi connectivity index (χ1v) is 11.5. The van der Waals surface area contributed by atoms with Gasteiger partial charge >= 0.3 is 0 Å². The van der Waals surface area contributed by atoms with Crippen LogP contribution in [0.5, 0.6) is 5.75 Å². The van der Waals surface area contributed by atoms with Crippen LogP contribution in [0, 0.1) is 5.41 Å². The largest absolute Gasteiger partial charge is 0.492 e. The van der Waals surface area contributed by atoms with Gasteiger partial charge in [0, 0.05) is 37.0 Å². The number of anilines is 1. The quantitative estimate of drug-likeness (QED) is 0.656. The summed E-state index contributed by atoms with van der Waals surface area (Å²) >= 11 is 0. The Morgan fingerprint density at radius 1 is 1.18 bits per heavy atom. The van der Waals surface area contributed by atoms with Gasteiger partial charge in [0.15, 0.2) is 5.82 Å². The number of likely N-dealkylation sites (N-methyl/N-ethyl adjacent to an activating group) is 2. The number of fused-ring (bicyclic) bond motifs is 1. The maximum atomic E-state index is 12.6. The van der Waals surface area contributed by atoms with Crippen molar-refractivity contribution in [2.75, 3.05) is 45.7 Å². The summed E-state index contributed by atoms with van der Waals surface area (Å²) in [5.41, 5.74) is 2.63. The molecule has 1 amide bonds. The van der Waals surface area contributed by atoms with E-state index in [4.69, 9.17) is 14.7 Å². The molecule has 2 heterocycles. The van der Waals surface area contributed by atoms with Crippen LogP contribution in [-0.4, -0.2) is 72.1 Å². The number of ether oxygens (including phenoxy) is 1. The third-order valence-corrected chi connectivity index (χ3v) is 5.40. The number of amides is 1. The average Bonchev–Trinajstić information content (AvgIpc) is 2.99. The lowest BCUT2D eigenvalue weighted by Gasteiger charge is -2.25. The van der Waals surface area contributed by atoms with Crippen LogP contribution in [0.25, 0.3) is 11.5 Å². The minimum atomic E-state index is -0.282. The van der Waals surface area contributed by atoms with E-state index in [1.807, 2.05) is 58.9 Å². The first-order chi connectivity index (χ1) is 15.3. The zero-order chi connectivity index (χ0) is 24.4. The molecule has 0 bridgehead atoms. The van der Waals surface area contributed by atoms with Crippen molar-refractivity contribution in [1.82, 2.24) is 25.2 Å². The summed E-state index contributed by atoms with van der Waals surface area (Å²) in [6, 6.07) is 3.73. The molecule has 1 N–H and O–H groups in total. The molecule has 0 fully saturated rings. The molecule has 33 heavy (non-hydrogen) atoms. The highest BCUT2D eigenvalue weighted by Crippen LogP contribution is 2.40. The van der Waals surface area contributed by atoms with Crippen LogP contribution < -0.4 is 15.0 Å². The molecule has 2 aromatic heterocycles. The molecule has 0 unspecified atom stereocenters. The normalized spacial score (nSPS) is 14.8. The summed E-state index contributed by atoms with van der Waals surface area (Å²) in [4.78, 5) is 30.9. The standard InChI is InChI=1S/C25H38N6O2/c1-24(2,3)29-21(32)16-31(8)23-18-14-25(4,5)15-20(18)27-22(28-23)19-13-17(9-10-26-19)33-12-11-30(6)7/h9-10,13H,11-12,14-16H2,1-8H3,(H,29,32). The molecular weight excluding hydrogens is 416 g/mol. The molecule has 3 rings (SSSR count). The number of pyridine rings is 1. The van der Waals surface area contributed by atoms with Gasteiger partial charge in [0.2, 0.25) is 5.91 Å². The highest BCUT2D eigenvalue weighted by molar-refractivity contribution is 5.82. The van der Waals surface area contributed by atoms with Crippen LogP contribution in [0.2, 0.25) is 0 Å². The number of hydrogen-bond donors (Lipinski definition) is 1. The van der Waals surface area contributed by atoms with Crippen molar-refractivity contribution in [3.05, 3.63) is 29.6 Å². The molecule has 0 spiro atoms. The van der Waals surface area contributed by atoms with Gasteiger partial charge in [-0.3, -0.25) is 9.78 Å². The lowest BCUT2D eigenvalue weighted by molar-refractivity contribution is -0.121. The Bertz CT molecular complexity index is 997. The smallest absolute Gasteiger partial charge is 0.239 e. The van der Waals surface area contributed by atoms with Gasteiger partial charge in [-0.05, 0) is 59.2 Å². The zero-order valence-electron chi connectivity index (χ0n) is 21.3. The number of nitrogens with one attached hydrogen (secondary N) is 1. The van der Waals surface area contributed by atoms with Gasteiger partial charge in [0.25, 0.3) is 0 Å². The fourth-order valence-corrected chi connectivity index (χ4v) is 3.99. The van der Waals surface area contributed by atoms with Gasteiger partial charge in [-0.15, -0.1) is 0 Å². The van der Waals surface area contributed by atoms with Crippen LogP contribution in [0.1, 0.15) is 45.9 Å². The minimum Gasteiger partial charge on any atom is -0.492 e. The van der Waals surface area contributed by atoms with Crippen molar-refractivity contribution in [2.24, 2.45) is 5.41 Å². The number of hydrogen-bond acceptors (Lipinski definition) is 7. The van der Waals surface area contributed by atoms with Crippen molar-refractivity contribution in [3.8, 4) is 17.3 Å². The number of rotatable bonds is 8. The van der Waals surface area contributed by atoms with Crippen LogP contribution >= 0.6 is 0 Å². The van der Waals surface area contributed by atoms with Gasteiger partial charge < -0.3 is 19.9 Å². The summed E-state index contributed by atoms with van der Waals surface area (Å²) in [5.74, 6) is 2.06. The predicted octanol–water partition coefficient (Wildman–Crippen LogP) is 2.95. The number of carbonyl (C=O) groups excluding carboxylic acids is 1. The lowest BCUT2D eigenvalue weighted by Crippen LogP contribution is -2.45. The van der Waals surface area contributed by atoms with E-state index in [9.17, 15) is 4.79 Å². The Morgan fingerprint density at radius 2 is 1.91 bits per heavy atom. The lowest BCUT2D eigenvalue weighted by atomic mass is 9.90. The first-order valence-electron chi connectivity index (χ1n) is 11.5. The molecule has 0 radical (unpaired) electrons. The monoisotopic (exact) mass is 454 g/mol. The fraction of sp³-hybridized carbons (Fsp3) is 0.600. The predicted molar refractivity (Wildman–Crippen MR) is 132 cm³/mol. The maximum Gasteiger partial charge on any atom is 0.239 e. The van der Waals surface area contributed by atoms with E-state index in [1.54, 1.807) is 6.20 Å². The van der Waals surface area contributed by atoms with Crippen LogP contribution in [0.15, 0.2) is 18.3 Å². The molecule has 0 aromatic carbocycles. The van der Waals surface area contributed by atoms with Crippen LogP contribution in [-0.2, 0) is 17.6 Å². The van der Waals surface area contributed by atoms with Gasteiger partial charge in [-0.1, -0.05) is 13.8 Å².